The highest BCUT2D eigenvalue weighted by atomic mass is 79.9. The average Bonchev–Trinajstić information content (AvgIpc) is 2.71. The highest BCUT2D eigenvalue weighted by molar-refractivity contribution is 9.10. The molecule has 84 valence electrons. The number of rotatable bonds is 3. The number of nitrogens with one attached hydrogen (secondary N) is 1. The van der Waals surface area contributed by atoms with E-state index in [2.05, 4.69) is 26.2 Å². The fourth-order valence-corrected chi connectivity index (χ4v) is 1.57. The summed E-state index contributed by atoms with van der Waals surface area (Å²) in [6.45, 7) is 0.555. The van der Waals surface area contributed by atoms with Crippen molar-refractivity contribution in [2.75, 3.05) is 7.05 Å². The molecule has 1 aromatic heterocycles. The van der Waals surface area contributed by atoms with Crippen molar-refractivity contribution >= 4 is 15.9 Å². The Hall–Kier alpha value is -1.20. The fraction of sp³-hybridized carbons (Fsp3) is 0.182. The molecule has 0 saturated heterocycles. The lowest BCUT2D eigenvalue weighted by molar-refractivity contribution is 0.490. The van der Waals surface area contributed by atoms with Gasteiger partial charge in [-0.3, -0.25) is 0 Å². The summed E-state index contributed by atoms with van der Waals surface area (Å²) in [7, 11) is 1.81. The molecule has 3 nitrogen and oxygen atoms in total. The van der Waals surface area contributed by atoms with Crippen LogP contribution in [0.15, 0.2) is 33.3 Å². The fourth-order valence-electron chi connectivity index (χ4n) is 1.33. The minimum absolute atomic E-state index is 0.316. The second kappa shape index (κ2) is 4.76. The van der Waals surface area contributed by atoms with Gasteiger partial charge in [0.25, 0.3) is 0 Å². The van der Waals surface area contributed by atoms with E-state index in [0.29, 0.717) is 28.2 Å². The van der Waals surface area contributed by atoms with Crippen molar-refractivity contribution in [3.8, 4) is 11.3 Å². The maximum atomic E-state index is 13.3. The van der Waals surface area contributed by atoms with E-state index in [0.717, 1.165) is 0 Å². The molecule has 2 rings (SSSR count). The van der Waals surface area contributed by atoms with Crippen LogP contribution in [-0.4, -0.2) is 12.0 Å². The molecular formula is C11H10BrFN2O. The lowest BCUT2D eigenvalue weighted by Gasteiger charge is -1.98. The molecule has 16 heavy (non-hydrogen) atoms. The van der Waals surface area contributed by atoms with E-state index in [9.17, 15) is 4.39 Å². The zero-order valence-electron chi connectivity index (χ0n) is 8.63. The second-order valence-corrected chi connectivity index (χ2v) is 4.13. The van der Waals surface area contributed by atoms with E-state index in [1.54, 1.807) is 18.3 Å². The third-order valence-corrected chi connectivity index (χ3v) is 2.73. The predicted octanol–water partition coefficient (Wildman–Crippen LogP) is 2.96. The summed E-state index contributed by atoms with van der Waals surface area (Å²) >= 11 is 3.10. The molecule has 1 heterocycles. The molecule has 0 aliphatic heterocycles. The Morgan fingerprint density at radius 3 is 3.00 bits per heavy atom. The van der Waals surface area contributed by atoms with E-state index >= 15 is 0 Å². The van der Waals surface area contributed by atoms with Crippen LogP contribution in [0.1, 0.15) is 5.89 Å². The van der Waals surface area contributed by atoms with E-state index in [-0.39, 0.29) is 5.82 Å². The maximum absolute atomic E-state index is 13.3. The molecule has 0 radical (unpaired) electrons. The van der Waals surface area contributed by atoms with Crippen molar-refractivity contribution in [1.82, 2.24) is 10.3 Å². The van der Waals surface area contributed by atoms with Gasteiger partial charge in [-0.05, 0) is 41.2 Å². The van der Waals surface area contributed by atoms with Crippen LogP contribution in [0.5, 0.6) is 0 Å². The Balaban J connectivity index is 2.31. The van der Waals surface area contributed by atoms with Crippen molar-refractivity contribution in [1.29, 1.82) is 0 Å². The number of aromatic nitrogens is 1. The minimum atomic E-state index is -0.316. The van der Waals surface area contributed by atoms with Crippen molar-refractivity contribution in [3.05, 3.63) is 40.6 Å². The zero-order valence-corrected chi connectivity index (χ0v) is 10.2. The molecule has 0 aliphatic rings. The summed E-state index contributed by atoms with van der Waals surface area (Å²) in [6.07, 6.45) is 1.59. The van der Waals surface area contributed by atoms with Gasteiger partial charge in [0.2, 0.25) is 5.89 Å². The number of oxazole rings is 1. The van der Waals surface area contributed by atoms with Crippen molar-refractivity contribution in [2.45, 2.75) is 6.54 Å². The molecule has 0 saturated carbocycles. The molecule has 0 unspecified atom stereocenters. The summed E-state index contributed by atoms with van der Waals surface area (Å²) in [4.78, 5) is 4.07. The highest BCUT2D eigenvalue weighted by Gasteiger charge is 2.08. The van der Waals surface area contributed by atoms with Crippen molar-refractivity contribution in [2.24, 2.45) is 0 Å². The Labute approximate surface area is 101 Å². The second-order valence-electron chi connectivity index (χ2n) is 3.28. The Bertz CT molecular complexity index is 498. The van der Waals surface area contributed by atoms with Crippen molar-refractivity contribution < 1.29 is 8.81 Å². The average molecular weight is 285 g/mol. The molecule has 0 amide bonds. The summed E-state index contributed by atoms with van der Waals surface area (Å²) in [6, 6.07) is 4.83. The largest absolute Gasteiger partial charge is 0.439 e. The van der Waals surface area contributed by atoms with E-state index < -0.39 is 0 Å². The third-order valence-electron chi connectivity index (χ3n) is 2.09. The van der Waals surface area contributed by atoms with Gasteiger partial charge < -0.3 is 9.73 Å². The van der Waals surface area contributed by atoms with Gasteiger partial charge in [-0.1, -0.05) is 0 Å². The number of hydrogen-bond donors (Lipinski definition) is 1. The van der Waals surface area contributed by atoms with Gasteiger partial charge in [-0.25, -0.2) is 9.37 Å². The molecule has 0 spiro atoms. The molecule has 1 N–H and O–H groups in total. The first-order chi connectivity index (χ1) is 7.70. The number of benzene rings is 1. The summed E-state index contributed by atoms with van der Waals surface area (Å²) in [5.74, 6) is 0.835. The lowest BCUT2D eigenvalue weighted by atomic mass is 10.2. The summed E-state index contributed by atoms with van der Waals surface area (Å²) < 4.78 is 19.2. The Kier molecular flexibility index (Phi) is 3.36. The molecule has 0 atom stereocenters. The molecule has 0 fully saturated rings. The van der Waals surface area contributed by atoms with Gasteiger partial charge in [0.1, 0.15) is 5.82 Å². The first kappa shape index (κ1) is 11.3. The molecule has 1 aromatic carbocycles. The van der Waals surface area contributed by atoms with E-state index in [1.165, 1.54) is 6.07 Å². The number of hydrogen-bond acceptors (Lipinski definition) is 3. The molecule has 2 aromatic rings. The smallest absolute Gasteiger partial charge is 0.208 e. The van der Waals surface area contributed by atoms with Crippen LogP contribution in [0.25, 0.3) is 11.3 Å². The Morgan fingerprint density at radius 2 is 2.31 bits per heavy atom. The zero-order chi connectivity index (χ0) is 11.5. The lowest BCUT2D eigenvalue weighted by Crippen LogP contribution is -2.04. The topological polar surface area (TPSA) is 38.1 Å². The molecular weight excluding hydrogens is 275 g/mol. The SMILES string of the molecule is CNCc1ncc(-c2ccc(Br)c(F)c2)o1. The molecule has 5 heteroatoms. The maximum Gasteiger partial charge on any atom is 0.208 e. The van der Waals surface area contributed by atoms with Crippen LogP contribution >= 0.6 is 15.9 Å². The van der Waals surface area contributed by atoms with Gasteiger partial charge in [0.05, 0.1) is 17.2 Å². The number of nitrogens with zero attached hydrogens (tertiary/aromatic N) is 1. The summed E-state index contributed by atoms with van der Waals surface area (Å²) in [5, 5.41) is 2.93. The van der Waals surface area contributed by atoms with Crippen LogP contribution in [-0.2, 0) is 6.54 Å². The first-order valence-corrected chi connectivity index (χ1v) is 5.54. The normalized spacial score (nSPS) is 10.7. The quantitative estimate of drug-likeness (QED) is 0.942. The van der Waals surface area contributed by atoms with Crippen LogP contribution < -0.4 is 5.32 Å². The van der Waals surface area contributed by atoms with E-state index in [1.807, 2.05) is 7.05 Å². The highest BCUT2D eigenvalue weighted by Crippen LogP contribution is 2.24. The predicted molar refractivity (Wildman–Crippen MR) is 62.4 cm³/mol. The monoisotopic (exact) mass is 284 g/mol. The summed E-state index contributed by atoms with van der Waals surface area (Å²) in [5.41, 5.74) is 0.676. The van der Waals surface area contributed by atoms with Gasteiger partial charge in [0, 0.05) is 5.56 Å². The van der Waals surface area contributed by atoms with Crippen LogP contribution in [0.2, 0.25) is 0 Å². The van der Waals surface area contributed by atoms with Gasteiger partial charge in [0.15, 0.2) is 5.76 Å². The first-order valence-electron chi connectivity index (χ1n) is 4.75. The van der Waals surface area contributed by atoms with Gasteiger partial charge in [-0.15, -0.1) is 0 Å². The van der Waals surface area contributed by atoms with Crippen molar-refractivity contribution in [3.63, 3.8) is 0 Å². The van der Waals surface area contributed by atoms with Gasteiger partial charge >= 0.3 is 0 Å². The molecule has 0 aliphatic carbocycles. The molecule has 0 bridgehead atoms. The van der Waals surface area contributed by atoms with Crippen LogP contribution in [0, 0.1) is 5.82 Å². The van der Waals surface area contributed by atoms with Gasteiger partial charge in [-0.2, -0.15) is 0 Å². The number of halogens is 2. The standard InChI is InChI=1S/C11H10BrFN2O/c1-14-6-11-15-5-10(16-11)7-2-3-8(12)9(13)4-7/h2-5,14H,6H2,1H3. The van der Waals surface area contributed by atoms with Crippen LogP contribution in [0.4, 0.5) is 4.39 Å². The third kappa shape index (κ3) is 2.31. The minimum Gasteiger partial charge on any atom is -0.439 e. The Morgan fingerprint density at radius 1 is 1.50 bits per heavy atom. The van der Waals surface area contributed by atoms with E-state index in [4.69, 9.17) is 4.42 Å². The van der Waals surface area contributed by atoms with Crippen LogP contribution in [0.3, 0.4) is 0 Å².